The number of hydrogen-bond donors (Lipinski definition) is 2. The Morgan fingerprint density at radius 2 is 2.46 bits per heavy atom. The maximum atomic E-state index is 10.8. The van der Waals surface area contributed by atoms with Crippen molar-refractivity contribution in [2.45, 2.75) is 38.6 Å². The molecule has 2 fully saturated rings. The van der Waals surface area contributed by atoms with Gasteiger partial charge in [-0.2, -0.15) is 0 Å². The third-order valence-corrected chi connectivity index (χ3v) is 4.03. The number of fused-ring (bicyclic) bond motifs is 1. The highest BCUT2D eigenvalue weighted by atomic mass is 16.4. The van der Waals surface area contributed by atoms with Crippen LogP contribution in [0.25, 0.3) is 0 Å². The second kappa shape index (κ2) is 2.71. The highest BCUT2D eigenvalue weighted by Crippen LogP contribution is 2.64. The molecular formula is C10H17NO2. The van der Waals surface area contributed by atoms with Gasteiger partial charge in [-0.25, -0.2) is 0 Å². The van der Waals surface area contributed by atoms with Crippen molar-refractivity contribution in [3.05, 3.63) is 0 Å². The van der Waals surface area contributed by atoms with Gasteiger partial charge in [0.25, 0.3) is 0 Å². The molecule has 74 valence electrons. The Morgan fingerprint density at radius 1 is 1.77 bits per heavy atom. The zero-order valence-electron chi connectivity index (χ0n) is 7.99. The number of aliphatic carboxylic acids is 1. The summed E-state index contributed by atoms with van der Waals surface area (Å²) in [5.74, 6) is 0.721. The lowest BCUT2D eigenvalue weighted by Crippen LogP contribution is -2.41. The Balaban J connectivity index is 2.15. The van der Waals surface area contributed by atoms with Crippen LogP contribution in [0.1, 0.15) is 32.6 Å². The van der Waals surface area contributed by atoms with E-state index in [2.05, 4.69) is 0 Å². The van der Waals surface area contributed by atoms with E-state index < -0.39 is 5.97 Å². The van der Waals surface area contributed by atoms with Crippen LogP contribution >= 0.6 is 0 Å². The molecule has 3 heteroatoms. The highest BCUT2D eigenvalue weighted by molar-refractivity contribution is 5.68. The summed E-state index contributed by atoms with van der Waals surface area (Å²) < 4.78 is 0. The van der Waals surface area contributed by atoms with Crippen molar-refractivity contribution in [3.8, 4) is 0 Å². The van der Waals surface area contributed by atoms with E-state index in [1.165, 1.54) is 12.8 Å². The Labute approximate surface area is 78.3 Å². The van der Waals surface area contributed by atoms with Gasteiger partial charge in [0.1, 0.15) is 0 Å². The van der Waals surface area contributed by atoms with Gasteiger partial charge in [0.15, 0.2) is 0 Å². The van der Waals surface area contributed by atoms with Gasteiger partial charge in [-0.15, -0.1) is 0 Å². The molecule has 0 aromatic carbocycles. The largest absolute Gasteiger partial charge is 0.481 e. The molecule has 0 spiro atoms. The van der Waals surface area contributed by atoms with E-state index in [4.69, 9.17) is 10.8 Å². The van der Waals surface area contributed by atoms with Crippen LogP contribution in [-0.4, -0.2) is 17.1 Å². The average molecular weight is 183 g/mol. The van der Waals surface area contributed by atoms with Crippen LogP contribution in [-0.2, 0) is 4.79 Å². The number of carbonyl (C=O) groups is 1. The number of nitrogens with two attached hydrogens (primary N) is 1. The molecule has 0 heterocycles. The zero-order valence-corrected chi connectivity index (χ0v) is 7.99. The van der Waals surface area contributed by atoms with E-state index in [1.807, 2.05) is 6.92 Å². The van der Waals surface area contributed by atoms with Crippen molar-refractivity contribution in [1.82, 2.24) is 0 Å². The molecule has 0 aromatic rings. The fourth-order valence-electron chi connectivity index (χ4n) is 3.14. The Hall–Kier alpha value is -0.570. The van der Waals surface area contributed by atoms with Crippen LogP contribution < -0.4 is 5.73 Å². The van der Waals surface area contributed by atoms with Crippen molar-refractivity contribution in [1.29, 1.82) is 0 Å². The smallest absolute Gasteiger partial charge is 0.303 e. The van der Waals surface area contributed by atoms with Crippen LogP contribution in [0, 0.1) is 17.3 Å². The maximum Gasteiger partial charge on any atom is 0.303 e. The van der Waals surface area contributed by atoms with Crippen molar-refractivity contribution in [3.63, 3.8) is 0 Å². The fourth-order valence-corrected chi connectivity index (χ4v) is 3.14. The summed E-state index contributed by atoms with van der Waals surface area (Å²) in [6, 6.07) is 0.0288. The van der Waals surface area contributed by atoms with Crippen molar-refractivity contribution in [2.75, 3.05) is 0 Å². The summed E-state index contributed by atoms with van der Waals surface area (Å²) in [6.45, 7) is 1.96. The quantitative estimate of drug-likeness (QED) is 0.691. The summed E-state index contributed by atoms with van der Waals surface area (Å²) in [5, 5.41) is 8.87. The third-order valence-electron chi connectivity index (χ3n) is 4.03. The maximum absolute atomic E-state index is 10.8. The number of carboxylic acid groups (broad SMARTS) is 1. The molecule has 4 atom stereocenters. The third kappa shape index (κ3) is 1.26. The minimum absolute atomic E-state index is 0.0288. The lowest BCUT2D eigenvalue weighted by atomic mass is 9.74. The van der Waals surface area contributed by atoms with Gasteiger partial charge in [0.2, 0.25) is 0 Å². The Bertz CT molecular complexity index is 239. The first-order valence-electron chi connectivity index (χ1n) is 5.03. The van der Waals surface area contributed by atoms with Gasteiger partial charge < -0.3 is 10.8 Å². The second-order valence-corrected chi connectivity index (χ2v) is 4.73. The minimum atomic E-state index is -0.690. The fraction of sp³-hybridized carbons (Fsp3) is 0.900. The monoisotopic (exact) mass is 183 g/mol. The van der Waals surface area contributed by atoms with Gasteiger partial charge >= 0.3 is 5.97 Å². The summed E-state index contributed by atoms with van der Waals surface area (Å²) in [6.07, 6.45) is 3.70. The molecular weight excluding hydrogens is 166 g/mol. The van der Waals surface area contributed by atoms with E-state index in [1.54, 1.807) is 0 Å². The first kappa shape index (κ1) is 9.00. The molecule has 0 aromatic heterocycles. The minimum Gasteiger partial charge on any atom is -0.481 e. The molecule has 0 bridgehead atoms. The highest BCUT2D eigenvalue weighted by Gasteiger charge is 2.59. The average Bonchev–Trinajstić information content (AvgIpc) is 2.70. The summed E-state index contributed by atoms with van der Waals surface area (Å²) >= 11 is 0. The van der Waals surface area contributed by atoms with E-state index >= 15 is 0 Å². The molecule has 2 aliphatic rings. The predicted octanol–water partition coefficient (Wildman–Crippen LogP) is 1.22. The van der Waals surface area contributed by atoms with E-state index in [0.29, 0.717) is 5.92 Å². The van der Waals surface area contributed by atoms with E-state index in [9.17, 15) is 4.79 Å². The van der Waals surface area contributed by atoms with Crippen LogP contribution in [0.5, 0.6) is 0 Å². The van der Waals surface area contributed by atoms with Crippen LogP contribution in [0.3, 0.4) is 0 Å². The molecule has 0 aliphatic heterocycles. The molecule has 2 aliphatic carbocycles. The second-order valence-electron chi connectivity index (χ2n) is 4.73. The van der Waals surface area contributed by atoms with Crippen LogP contribution in [0.2, 0.25) is 0 Å². The van der Waals surface area contributed by atoms with Gasteiger partial charge in [-0.05, 0) is 43.4 Å². The van der Waals surface area contributed by atoms with Crippen LogP contribution in [0.4, 0.5) is 0 Å². The predicted molar refractivity (Wildman–Crippen MR) is 49.2 cm³/mol. The van der Waals surface area contributed by atoms with Gasteiger partial charge in [-0.3, -0.25) is 4.79 Å². The number of carboxylic acids is 1. The topological polar surface area (TPSA) is 63.3 Å². The first-order valence-corrected chi connectivity index (χ1v) is 5.03. The molecule has 0 radical (unpaired) electrons. The van der Waals surface area contributed by atoms with Crippen molar-refractivity contribution >= 4 is 5.97 Å². The van der Waals surface area contributed by atoms with Crippen molar-refractivity contribution < 1.29 is 9.90 Å². The Morgan fingerprint density at radius 3 is 2.77 bits per heavy atom. The molecule has 0 saturated heterocycles. The van der Waals surface area contributed by atoms with Gasteiger partial charge in [0.05, 0.1) is 6.42 Å². The molecule has 0 amide bonds. The van der Waals surface area contributed by atoms with E-state index in [-0.39, 0.29) is 17.9 Å². The molecule has 3 N–H and O–H groups in total. The van der Waals surface area contributed by atoms with E-state index in [0.717, 1.165) is 12.3 Å². The SMILES string of the molecule is CC(N)C1(CC(=O)O)CCC2CC21. The first-order chi connectivity index (χ1) is 6.06. The van der Waals surface area contributed by atoms with Crippen LogP contribution in [0.15, 0.2) is 0 Å². The normalized spacial score (nSPS) is 44.2. The zero-order chi connectivity index (χ0) is 9.64. The summed E-state index contributed by atoms with van der Waals surface area (Å²) in [5.41, 5.74) is 5.86. The molecule has 2 saturated carbocycles. The summed E-state index contributed by atoms with van der Waals surface area (Å²) in [4.78, 5) is 10.8. The Kier molecular flexibility index (Phi) is 1.88. The molecule has 13 heavy (non-hydrogen) atoms. The lowest BCUT2D eigenvalue weighted by Gasteiger charge is -2.33. The van der Waals surface area contributed by atoms with Gasteiger partial charge in [-0.1, -0.05) is 0 Å². The number of rotatable bonds is 3. The van der Waals surface area contributed by atoms with Gasteiger partial charge in [0, 0.05) is 6.04 Å². The number of hydrogen-bond acceptors (Lipinski definition) is 2. The molecule has 3 nitrogen and oxygen atoms in total. The molecule has 4 unspecified atom stereocenters. The lowest BCUT2D eigenvalue weighted by molar-refractivity contribution is -0.140. The standard InChI is InChI=1S/C10H17NO2/c1-6(11)10(5-9(12)13)3-2-7-4-8(7)10/h6-8H,2-5,11H2,1H3,(H,12,13). The van der Waals surface area contributed by atoms with Crippen molar-refractivity contribution in [2.24, 2.45) is 23.0 Å². The molecule has 2 rings (SSSR count). The summed E-state index contributed by atoms with van der Waals surface area (Å²) in [7, 11) is 0.